The van der Waals surface area contributed by atoms with Gasteiger partial charge >= 0.3 is 0 Å². The Balaban J connectivity index is 2.66. The molecule has 0 bridgehead atoms. The number of aromatic nitrogens is 2. The molecule has 0 spiro atoms. The van der Waals surface area contributed by atoms with Gasteiger partial charge in [0.25, 0.3) is 0 Å². The molecule has 1 aromatic heterocycles. The van der Waals surface area contributed by atoms with Crippen molar-refractivity contribution in [3.05, 3.63) is 55.9 Å². The molecule has 0 fully saturated rings. The number of hydrogen-bond donors (Lipinski definition) is 1. The molecule has 18 heavy (non-hydrogen) atoms. The molecular formula is C12H10Cl2N2OS. The van der Waals surface area contributed by atoms with Crippen molar-refractivity contribution in [2.24, 2.45) is 0 Å². The van der Waals surface area contributed by atoms with Crippen LogP contribution in [-0.2, 0) is 5.75 Å². The molecule has 0 radical (unpaired) electrons. The van der Waals surface area contributed by atoms with Crippen molar-refractivity contribution in [2.75, 3.05) is 0 Å². The highest BCUT2D eigenvalue weighted by Gasteiger charge is 2.07. The summed E-state index contributed by atoms with van der Waals surface area (Å²) in [6.45, 7) is 1.80. The molecule has 0 amide bonds. The van der Waals surface area contributed by atoms with Gasteiger partial charge in [-0.15, -0.1) is 0 Å². The summed E-state index contributed by atoms with van der Waals surface area (Å²) in [6, 6.07) is 6.64. The minimum Gasteiger partial charge on any atom is -0.288 e. The SMILES string of the molecule is Cc1cc(=O)c(CS)nn1-c1cc(Cl)cc(Cl)c1. The first-order valence-corrected chi connectivity index (χ1v) is 6.57. The molecule has 0 saturated carbocycles. The fourth-order valence-electron chi connectivity index (χ4n) is 1.62. The first-order chi connectivity index (χ1) is 8.51. The van der Waals surface area contributed by atoms with E-state index in [2.05, 4.69) is 17.7 Å². The number of rotatable bonds is 2. The van der Waals surface area contributed by atoms with Gasteiger partial charge < -0.3 is 0 Å². The second-order valence-corrected chi connectivity index (χ2v) is 4.98. The predicted molar refractivity (Wildman–Crippen MR) is 77.3 cm³/mol. The van der Waals surface area contributed by atoms with E-state index >= 15 is 0 Å². The van der Waals surface area contributed by atoms with Crippen LogP contribution in [0.25, 0.3) is 5.69 Å². The van der Waals surface area contributed by atoms with E-state index in [1.165, 1.54) is 6.07 Å². The van der Waals surface area contributed by atoms with Crippen LogP contribution in [0.4, 0.5) is 0 Å². The van der Waals surface area contributed by atoms with Crippen molar-refractivity contribution in [3.8, 4) is 5.69 Å². The Labute approximate surface area is 120 Å². The van der Waals surface area contributed by atoms with Crippen molar-refractivity contribution in [1.82, 2.24) is 9.78 Å². The topological polar surface area (TPSA) is 34.9 Å². The zero-order valence-electron chi connectivity index (χ0n) is 9.52. The maximum absolute atomic E-state index is 11.6. The molecule has 0 N–H and O–H groups in total. The molecule has 0 aliphatic heterocycles. The van der Waals surface area contributed by atoms with E-state index in [0.717, 1.165) is 0 Å². The fourth-order valence-corrected chi connectivity index (χ4v) is 2.35. The van der Waals surface area contributed by atoms with Crippen LogP contribution in [-0.4, -0.2) is 9.78 Å². The van der Waals surface area contributed by atoms with E-state index in [0.29, 0.717) is 27.1 Å². The lowest BCUT2D eigenvalue weighted by molar-refractivity contribution is 0.774. The molecule has 0 aliphatic carbocycles. The molecule has 94 valence electrons. The lowest BCUT2D eigenvalue weighted by Crippen LogP contribution is -2.17. The van der Waals surface area contributed by atoms with E-state index in [1.807, 2.05) is 0 Å². The highest BCUT2D eigenvalue weighted by Crippen LogP contribution is 2.21. The van der Waals surface area contributed by atoms with E-state index in [9.17, 15) is 4.79 Å². The summed E-state index contributed by atoms with van der Waals surface area (Å²) in [5, 5.41) is 5.29. The van der Waals surface area contributed by atoms with Crippen LogP contribution in [0.1, 0.15) is 11.4 Å². The molecule has 1 heterocycles. The number of benzene rings is 1. The van der Waals surface area contributed by atoms with Crippen LogP contribution in [0, 0.1) is 6.92 Å². The van der Waals surface area contributed by atoms with Crippen LogP contribution in [0.15, 0.2) is 29.1 Å². The van der Waals surface area contributed by atoms with Crippen LogP contribution in [0.3, 0.4) is 0 Å². The highest BCUT2D eigenvalue weighted by molar-refractivity contribution is 7.79. The summed E-state index contributed by atoms with van der Waals surface area (Å²) in [5.74, 6) is 0.285. The Hall–Kier alpha value is -0.970. The summed E-state index contributed by atoms with van der Waals surface area (Å²) in [7, 11) is 0. The number of thiol groups is 1. The molecular weight excluding hydrogens is 291 g/mol. The number of aryl methyl sites for hydroxylation is 1. The normalized spacial score (nSPS) is 10.7. The second kappa shape index (κ2) is 5.34. The largest absolute Gasteiger partial charge is 0.288 e. The van der Waals surface area contributed by atoms with Gasteiger partial charge in [-0.2, -0.15) is 17.7 Å². The zero-order valence-corrected chi connectivity index (χ0v) is 11.9. The van der Waals surface area contributed by atoms with Gasteiger partial charge in [-0.3, -0.25) is 4.79 Å². The molecule has 0 aliphatic rings. The van der Waals surface area contributed by atoms with Crippen LogP contribution in [0.5, 0.6) is 0 Å². The molecule has 2 aromatic rings. The van der Waals surface area contributed by atoms with Gasteiger partial charge in [0.05, 0.1) is 5.69 Å². The average molecular weight is 301 g/mol. The van der Waals surface area contributed by atoms with Crippen molar-refractivity contribution in [1.29, 1.82) is 0 Å². The first kappa shape index (κ1) is 13.5. The highest BCUT2D eigenvalue weighted by atomic mass is 35.5. The van der Waals surface area contributed by atoms with Gasteiger partial charge in [0.15, 0.2) is 0 Å². The third-order valence-corrected chi connectivity index (χ3v) is 3.16. The van der Waals surface area contributed by atoms with E-state index < -0.39 is 0 Å². The minimum absolute atomic E-state index is 0.119. The Kier molecular flexibility index (Phi) is 4.00. The standard InChI is InChI=1S/C12H10Cl2N2OS/c1-7-2-12(17)11(6-18)15-16(7)10-4-8(13)3-9(14)5-10/h2-5,18H,6H2,1H3. The first-order valence-electron chi connectivity index (χ1n) is 5.18. The van der Waals surface area contributed by atoms with Crippen LogP contribution in [0.2, 0.25) is 10.0 Å². The van der Waals surface area contributed by atoms with Crippen molar-refractivity contribution in [2.45, 2.75) is 12.7 Å². The summed E-state index contributed by atoms with van der Waals surface area (Å²) >= 11 is 16.0. The summed E-state index contributed by atoms with van der Waals surface area (Å²) in [5.41, 5.74) is 1.70. The maximum atomic E-state index is 11.6. The van der Waals surface area contributed by atoms with E-state index in [4.69, 9.17) is 23.2 Å². The van der Waals surface area contributed by atoms with Crippen molar-refractivity contribution < 1.29 is 0 Å². The molecule has 0 unspecified atom stereocenters. The summed E-state index contributed by atoms with van der Waals surface area (Å²) < 4.78 is 1.63. The average Bonchev–Trinajstić information content (AvgIpc) is 2.27. The summed E-state index contributed by atoms with van der Waals surface area (Å²) in [4.78, 5) is 11.6. The maximum Gasteiger partial charge on any atom is 0.204 e. The van der Waals surface area contributed by atoms with E-state index in [1.54, 1.807) is 29.8 Å². The third kappa shape index (κ3) is 2.71. The lowest BCUT2D eigenvalue weighted by Gasteiger charge is -2.11. The zero-order chi connectivity index (χ0) is 13.3. The summed E-state index contributed by atoms with van der Waals surface area (Å²) in [6.07, 6.45) is 0. The minimum atomic E-state index is -0.119. The molecule has 3 nitrogen and oxygen atoms in total. The Bertz CT molecular complexity index is 635. The Morgan fingerprint density at radius 3 is 2.39 bits per heavy atom. The molecule has 0 saturated heterocycles. The van der Waals surface area contributed by atoms with Gasteiger partial charge in [-0.25, -0.2) is 4.68 Å². The smallest absolute Gasteiger partial charge is 0.204 e. The Morgan fingerprint density at radius 1 is 1.22 bits per heavy atom. The Morgan fingerprint density at radius 2 is 1.83 bits per heavy atom. The van der Waals surface area contributed by atoms with Gasteiger partial charge in [-0.1, -0.05) is 23.2 Å². The molecule has 2 rings (SSSR count). The van der Waals surface area contributed by atoms with Gasteiger partial charge in [0.1, 0.15) is 5.69 Å². The van der Waals surface area contributed by atoms with E-state index in [-0.39, 0.29) is 11.2 Å². The lowest BCUT2D eigenvalue weighted by atomic mass is 10.3. The third-order valence-electron chi connectivity index (χ3n) is 2.42. The van der Waals surface area contributed by atoms with Crippen LogP contribution < -0.4 is 5.43 Å². The van der Waals surface area contributed by atoms with Gasteiger partial charge in [0.2, 0.25) is 5.43 Å². The van der Waals surface area contributed by atoms with Gasteiger partial charge in [-0.05, 0) is 25.1 Å². The molecule has 6 heteroatoms. The van der Waals surface area contributed by atoms with Crippen molar-refractivity contribution in [3.63, 3.8) is 0 Å². The number of hydrogen-bond acceptors (Lipinski definition) is 3. The van der Waals surface area contributed by atoms with Crippen LogP contribution >= 0.6 is 35.8 Å². The second-order valence-electron chi connectivity index (χ2n) is 3.79. The quantitative estimate of drug-likeness (QED) is 0.864. The van der Waals surface area contributed by atoms with Crippen molar-refractivity contribution >= 4 is 35.8 Å². The molecule has 0 atom stereocenters. The van der Waals surface area contributed by atoms with Gasteiger partial charge in [0, 0.05) is 27.6 Å². The monoisotopic (exact) mass is 300 g/mol. The predicted octanol–water partition coefficient (Wildman–Crippen LogP) is 3.28. The number of halogens is 2. The number of nitrogens with zero attached hydrogens (tertiary/aromatic N) is 2. The molecule has 1 aromatic carbocycles. The fraction of sp³-hybridized carbons (Fsp3) is 0.167.